The van der Waals surface area contributed by atoms with Crippen molar-refractivity contribution in [2.75, 3.05) is 13.1 Å². The van der Waals surface area contributed by atoms with Gasteiger partial charge in [-0.15, -0.1) is 0 Å². The molecule has 1 aliphatic rings. The highest BCUT2D eigenvalue weighted by Crippen LogP contribution is 2.16. The van der Waals surface area contributed by atoms with Crippen LogP contribution in [0.25, 0.3) is 0 Å². The Morgan fingerprint density at radius 1 is 1.50 bits per heavy atom. The van der Waals surface area contributed by atoms with Gasteiger partial charge in [0.25, 0.3) is 0 Å². The van der Waals surface area contributed by atoms with Crippen LogP contribution in [0.3, 0.4) is 0 Å². The lowest BCUT2D eigenvalue weighted by Gasteiger charge is -2.31. The molecule has 1 aliphatic heterocycles. The van der Waals surface area contributed by atoms with Crippen LogP contribution in [-0.4, -0.2) is 24.0 Å². The monoisotopic (exact) mass is 222 g/mol. The summed E-state index contributed by atoms with van der Waals surface area (Å²) >= 11 is 0. The van der Waals surface area contributed by atoms with Crippen molar-refractivity contribution < 1.29 is 4.39 Å². The quantitative estimate of drug-likeness (QED) is 0.830. The van der Waals surface area contributed by atoms with E-state index in [1.165, 1.54) is 6.07 Å². The Balaban J connectivity index is 2.05. The number of piperidine rings is 1. The molecule has 1 heterocycles. The SMILES string of the molecule is Cc1ccc(F)cc1CN1CCC[C@@H](N)C1. The molecule has 1 aromatic carbocycles. The van der Waals surface area contributed by atoms with Gasteiger partial charge in [-0.05, 0) is 49.6 Å². The van der Waals surface area contributed by atoms with Gasteiger partial charge in [0.2, 0.25) is 0 Å². The van der Waals surface area contributed by atoms with E-state index in [0.717, 1.165) is 43.6 Å². The van der Waals surface area contributed by atoms with Crippen LogP contribution in [0.5, 0.6) is 0 Å². The van der Waals surface area contributed by atoms with E-state index in [2.05, 4.69) is 4.90 Å². The minimum absolute atomic E-state index is 0.151. The average Bonchev–Trinajstić information content (AvgIpc) is 2.24. The van der Waals surface area contributed by atoms with Gasteiger partial charge in [-0.3, -0.25) is 4.90 Å². The molecule has 2 rings (SSSR count). The lowest BCUT2D eigenvalue weighted by molar-refractivity contribution is 0.201. The summed E-state index contributed by atoms with van der Waals surface area (Å²) in [6, 6.07) is 5.27. The summed E-state index contributed by atoms with van der Waals surface area (Å²) in [6.45, 7) is 4.84. The van der Waals surface area contributed by atoms with E-state index >= 15 is 0 Å². The third-order valence-electron chi connectivity index (χ3n) is 3.25. The molecule has 1 atom stereocenters. The largest absolute Gasteiger partial charge is 0.327 e. The summed E-state index contributed by atoms with van der Waals surface area (Å²) in [5.74, 6) is -0.151. The van der Waals surface area contributed by atoms with Crippen molar-refractivity contribution in [2.24, 2.45) is 5.73 Å². The first kappa shape index (κ1) is 11.6. The fourth-order valence-corrected chi connectivity index (χ4v) is 2.29. The van der Waals surface area contributed by atoms with E-state index in [1.54, 1.807) is 6.07 Å². The van der Waals surface area contributed by atoms with Gasteiger partial charge < -0.3 is 5.73 Å². The number of aryl methyl sites for hydroxylation is 1. The summed E-state index contributed by atoms with van der Waals surface area (Å²) < 4.78 is 13.1. The third kappa shape index (κ3) is 2.80. The molecule has 0 amide bonds. The smallest absolute Gasteiger partial charge is 0.123 e. The maximum absolute atomic E-state index is 13.1. The van der Waals surface area contributed by atoms with E-state index in [-0.39, 0.29) is 11.9 Å². The molecule has 1 aromatic rings. The van der Waals surface area contributed by atoms with Crippen LogP contribution in [0.2, 0.25) is 0 Å². The molecule has 2 N–H and O–H groups in total. The van der Waals surface area contributed by atoms with Crippen LogP contribution in [0.15, 0.2) is 18.2 Å². The second-order valence-electron chi connectivity index (χ2n) is 4.71. The molecular weight excluding hydrogens is 203 g/mol. The van der Waals surface area contributed by atoms with Gasteiger partial charge in [-0.1, -0.05) is 6.07 Å². The van der Waals surface area contributed by atoms with Crippen molar-refractivity contribution in [3.8, 4) is 0 Å². The highest BCUT2D eigenvalue weighted by molar-refractivity contribution is 5.26. The topological polar surface area (TPSA) is 29.3 Å². The molecule has 0 spiro atoms. The summed E-state index contributed by atoms with van der Waals surface area (Å²) in [4.78, 5) is 2.32. The maximum Gasteiger partial charge on any atom is 0.123 e. The molecule has 0 saturated carbocycles. The normalized spacial score (nSPS) is 22.3. The average molecular weight is 222 g/mol. The van der Waals surface area contributed by atoms with Crippen molar-refractivity contribution in [3.05, 3.63) is 35.1 Å². The van der Waals surface area contributed by atoms with E-state index in [0.29, 0.717) is 0 Å². The van der Waals surface area contributed by atoms with Crippen LogP contribution in [0.4, 0.5) is 4.39 Å². The van der Waals surface area contributed by atoms with Crippen molar-refractivity contribution >= 4 is 0 Å². The van der Waals surface area contributed by atoms with E-state index in [9.17, 15) is 4.39 Å². The van der Waals surface area contributed by atoms with Crippen LogP contribution in [0.1, 0.15) is 24.0 Å². The molecule has 1 fully saturated rings. The molecule has 16 heavy (non-hydrogen) atoms. The molecule has 0 aromatic heterocycles. The Hall–Kier alpha value is -0.930. The van der Waals surface area contributed by atoms with Gasteiger partial charge in [0.05, 0.1) is 0 Å². The molecule has 3 heteroatoms. The first-order chi connectivity index (χ1) is 7.65. The van der Waals surface area contributed by atoms with Crippen LogP contribution < -0.4 is 5.73 Å². The predicted molar refractivity (Wildman–Crippen MR) is 63.6 cm³/mol. The molecule has 0 radical (unpaired) electrons. The first-order valence-electron chi connectivity index (χ1n) is 5.88. The van der Waals surface area contributed by atoms with Gasteiger partial charge in [-0.25, -0.2) is 4.39 Å². The second-order valence-corrected chi connectivity index (χ2v) is 4.71. The molecule has 0 unspecified atom stereocenters. The Kier molecular flexibility index (Phi) is 3.56. The fourth-order valence-electron chi connectivity index (χ4n) is 2.29. The van der Waals surface area contributed by atoms with Crippen LogP contribution in [0, 0.1) is 12.7 Å². The molecule has 1 saturated heterocycles. The number of benzene rings is 1. The number of rotatable bonds is 2. The minimum atomic E-state index is -0.151. The predicted octanol–water partition coefficient (Wildman–Crippen LogP) is 2.06. The molecule has 2 nitrogen and oxygen atoms in total. The number of nitrogens with zero attached hydrogens (tertiary/aromatic N) is 1. The van der Waals surface area contributed by atoms with Crippen molar-refractivity contribution in [2.45, 2.75) is 32.4 Å². The summed E-state index contributed by atoms with van der Waals surface area (Å²) in [5, 5.41) is 0. The fraction of sp³-hybridized carbons (Fsp3) is 0.538. The number of nitrogens with two attached hydrogens (primary N) is 1. The molecular formula is C13H19FN2. The van der Waals surface area contributed by atoms with Crippen molar-refractivity contribution in [1.82, 2.24) is 4.90 Å². The van der Waals surface area contributed by atoms with Crippen molar-refractivity contribution in [1.29, 1.82) is 0 Å². The lowest BCUT2D eigenvalue weighted by atomic mass is 10.0. The summed E-state index contributed by atoms with van der Waals surface area (Å²) in [6.07, 6.45) is 2.26. The molecule has 0 aliphatic carbocycles. The van der Waals surface area contributed by atoms with Crippen LogP contribution >= 0.6 is 0 Å². The minimum Gasteiger partial charge on any atom is -0.327 e. The second kappa shape index (κ2) is 4.93. The standard InChI is InChI=1S/C13H19FN2/c1-10-4-5-12(14)7-11(10)8-16-6-2-3-13(15)9-16/h4-5,7,13H,2-3,6,8-9,15H2,1H3/t13-/m1/s1. The third-order valence-corrected chi connectivity index (χ3v) is 3.25. The number of halogens is 1. The Morgan fingerprint density at radius 3 is 3.06 bits per heavy atom. The van der Waals surface area contributed by atoms with Gasteiger partial charge >= 0.3 is 0 Å². The van der Waals surface area contributed by atoms with E-state index in [1.807, 2.05) is 13.0 Å². The highest BCUT2D eigenvalue weighted by Gasteiger charge is 2.17. The van der Waals surface area contributed by atoms with Gasteiger partial charge in [0, 0.05) is 19.1 Å². The van der Waals surface area contributed by atoms with E-state index in [4.69, 9.17) is 5.73 Å². The molecule has 88 valence electrons. The number of hydrogen-bond acceptors (Lipinski definition) is 2. The zero-order valence-electron chi connectivity index (χ0n) is 9.75. The van der Waals surface area contributed by atoms with Gasteiger partial charge in [-0.2, -0.15) is 0 Å². The summed E-state index contributed by atoms with van der Waals surface area (Å²) in [5.41, 5.74) is 8.16. The van der Waals surface area contributed by atoms with Gasteiger partial charge in [0.1, 0.15) is 5.82 Å². The lowest BCUT2D eigenvalue weighted by Crippen LogP contribution is -2.42. The Morgan fingerprint density at radius 2 is 2.31 bits per heavy atom. The molecule has 0 bridgehead atoms. The highest BCUT2D eigenvalue weighted by atomic mass is 19.1. The Labute approximate surface area is 96.2 Å². The number of hydrogen-bond donors (Lipinski definition) is 1. The summed E-state index contributed by atoms with van der Waals surface area (Å²) in [7, 11) is 0. The van der Waals surface area contributed by atoms with Gasteiger partial charge in [0.15, 0.2) is 0 Å². The zero-order valence-corrected chi connectivity index (χ0v) is 9.75. The van der Waals surface area contributed by atoms with Crippen LogP contribution in [-0.2, 0) is 6.54 Å². The number of likely N-dealkylation sites (tertiary alicyclic amines) is 1. The Bertz CT molecular complexity index is 365. The van der Waals surface area contributed by atoms with E-state index < -0.39 is 0 Å². The maximum atomic E-state index is 13.1. The first-order valence-corrected chi connectivity index (χ1v) is 5.88. The van der Waals surface area contributed by atoms with Crippen molar-refractivity contribution in [3.63, 3.8) is 0 Å². The zero-order chi connectivity index (χ0) is 11.5.